The fourth-order valence-corrected chi connectivity index (χ4v) is 7.49. The summed E-state index contributed by atoms with van der Waals surface area (Å²) in [6, 6.07) is 7.33. The topological polar surface area (TPSA) is 196 Å². The first-order chi connectivity index (χ1) is 24.2. The summed E-state index contributed by atoms with van der Waals surface area (Å²) < 4.78 is 5.18. The number of carboxylic acids is 3. The maximum Gasteiger partial charge on any atom is 0.332 e. The molecule has 8 bridgehead atoms. The highest BCUT2D eigenvalue weighted by atomic mass is 16.5. The van der Waals surface area contributed by atoms with Gasteiger partial charge in [0.15, 0.2) is 0 Å². The second-order valence-electron chi connectivity index (χ2n) is 13.2. The lowest BCUT2D eigenvalue weighted by atomic mass is 9.64. The summed E-state index contributed by atoms with van der Waals surface area (Å²) in [6.07, 6.45) is 5.03. The van der Waals surface area contributed by atoms with Gasteiger partial charge in [-0.2, -0.15) is 0 Å². The number of methoxy groups -OCH3 is 1. The molecule has 2 aromatic heterocycles. The summed E-state index contributed by atoms with van der Waals surface area (Å²) >= 11 is 0. The minimum absolute atomic E-state index is 0.0915. The van der Waals surface area contributed by atoms with Gasteiger partial charge in [0.2, 0.25) is 0 Å². The van der Waals surface area contributed by atoms with E-state index in [0.29, 0.717) is 50.8 Å². The summed E-state index contributed by atoms with van der Waals surface area (Å²) in [5.74, 6) is -5.07. The van der Waals surface area contributed by atoms with Crippen LogP contribution in [0.15, 0.2) is 54.6 Å². The van der Waals surface area contributed by atoms with Gasteiger partial charge in [0.05, 0.1) is 40.9 Å². The molecular weight excluding hydrogens is 652 g/mol. The highest BCUT2D eigenvalue weighted by Crippen LogP contribution is 2.52. The van der Waals surface area contributed by atoms with E-state index in [9.17, 15) is 34.5 Å². The Morgan fingerprint density at radius 3 is 2.16 bits per heavy atom. The van der Waals surface area contributed by atoms with E-state index in [1.165, 1.54) is 13.2 Å². The number of carboxylic acid groups (broad SMARTS) is 3. The Morgan fingerprint density at radius 1 is 0.863 bits per heavy atom. The molecule has 262 valence electrons. The van der Waals surface area contributed by atoms with E-state index >= 15 is 0 Å². The number of aromatic nitrogens is 4. The molecule has 5 heterocycles. The number of aryl methyl sites for hydroxylation is 2. The molecule has 3 aliphatic heterocycles. The molecular formula is C39H38N4O8. The molecule has 51 heavy (non-hydrogen) atoms. The maximum absolute atomic E-state index is 13.5. The van der Waals surface area contributed by atoms with Crippen molar-refractivity contribution in [3.63, 3.8) is 0 Å². The van der Waals surface area contributed by atoms with Crippen LogP contribution in [-0.2, 0) is 35.8 Å². The smallest absolute Gasteiger partial charge is 0.332 e. The number of H-pyrrole nitrogens is 2. The summed E-state index contributed by atoms with van der Waals surface area (Å²) in [5, 5.41) is 29.3. The van der Waals surface area contributed by atoms with Gasteiger partial charge < -0.3 is 30.0 Å². The Labute approximate surface area is 293 Å². The molecule has 1 aliphatic carbocycles. The minimum Gasteiger partial charge on any atom is -0.481 e. The quantitative estimate of drug-likeness (QED) is 0.183. The van der Waals surface area contributed by atoms with Crippen molar-refractivity contribution >= 4 is 62.8 Å². The van der Waals surface area contributed by atoms with Crippen molar-refractivity contribution in [2.75, 3.05) is 7.11 Å². The van der Waals surface area contributed by atoms with Crippen LogP contribution in [0.2, 0.25) is 0 Å². The van der Waals surface area contributed by atoms with Crippen LogP contribution >= 0.6 is 0 Å². The molecule has 0 saturated carbocycles. The predicted molar refractivity (Wildman–Crippen MR) is 192 cm³/mol. The van der Waals surface area contributed by atoms with Crippen molar-refractivity contribution in [2.45, 2.75) is 58.8 Å². The molecule has 2 atom stereocenters. The van der Waals surface area contributed by atoms with Crippen LogP contribution in [0.5, 0.6) is 0 Å². The first-order valence-corrected chi connectivity index (χ1v) is 16.4. The molecule has 0 fully saturated rings. The molecule has 2 aromatic rings. The van der Waals surface area contributed by atoms with Gasteiger partial charge in [-0.3, -0.25) is 14.4 Å². The van der Waals surface area contributed by atoms with Crippen molar-refractivity contribution in [3.8, 4) is 0 Å². The number of hydrogen-bond donors (Lipinski definition) is 5. The zero-order valence-electron chi connectivity index (χ0n) is 28.9. The Balaban J connectivity index is 1.77. The zero-order chi connectivity index (χ0) is 36.9. The second-order valence-corrected chi connectivity index (χ2v) is 13.2. The zero-order valence-corrected chi connectivity index (χ0v) is 28.9. The van der Waals surface area contributed by atoms with E-state index in [2.05, 4.69) is 16.5 Å². The van der Waals surface area contributed by atoms with E-state index < -0.39 is 35.2 Å². The molecule has 4 aliphatic rings. The number of ether oxygens (including phenoxy) is 1. The van der Waals surface area contributed by atoms with E-state index in [-0.39, 0.29) is 31.3 Å². The fraction of sp³-hybridized carbons (Fsp3) is 0.282. The third-order valence-electron chi connectivity index (χ3n) is 10.3. The summed E-state index contributed by atoms with van der Waals surface area (Å²) in [6.45, 7) is 11.5. The van der Waals surface area contributed by atoms with E-state index in [1.54, 1.807) is 25.1 Å². The van der Waals surface area contributed by atoms with Crippen LogP contribution in [0, 0.1) is 12.8 Å². The highest BCUT2D eigenvalue weighted by molar-refractivity contribution is 6.02. The first-order valence-electron chi connectivity index (χ1n) is 16.4. The van der Waals surface area contributed by atoms with Gasteiger partial charge in [-0.25, -0.2) is 14.8 Å². The molecule has 0 spiro atoms. The van der Waals surface area contributed by atoms with Crippen molar-refractivity contribution < 1.29 is 39.2 Å². The number of aromatic amines is 2. The molecule has 0 unspecified atom stereocenters. The first kappa shape index (κ1) is 34.8. The Bertz CT molecular complexity index is 2280. The third kappa shape index (κ3) is 5.86. The molecule has 0 saturated heterocycles. The van der Waals surface area contributed by atoms with Gasteiger partial charge in [0, 0.05) is 40.8 Å². The predicted octanol–water partition coefficient (Wildman–Crippen LogP) is 6.43. The van der Waals surface area contributed by atoms with Crippen molar-refractivity contribution in [3.05, 3.63) is 99.9 Å². The lowest BCUT2D eigenvalue weighted by Gasteiger charge is -2.36. The normalized spacial score (nSPS) is 18.8. The van der Waals surface area contributed by atoms with Crippen LogP contribution in [0.4, 0.5) is 0 Å². The summed E-state index contributed by atoms with van der Waals surface area (Å²) in [7, 11) is 1.22. The lowest BCUT2D eigenvalue weighted by Crippen LogP contribution is -2.42. The van der Waals surface area contributed by atoms with Gasteiger partial charge >= 0.3 is 23.9 Å². The lowest BCUT2D eigenvalue weighted by molar-refractivity contribution is -0.148. The number of allylic oxidation sites excluding steroid dienone is 8. The average molecular weight is 691 g/mol. The van der Waals surface area contributed by atoms with Crippen LogP contribution < -0.4 is 0 Å². The highest BCUT2D eigenvalue weighted by Gasteiger charge is 2.53. The number of fused-ring (bicyclic) bond motifs is 11. The van der Waals surface area contributed by atoms with Crippen LogP contribution in [-0.4, -0.2) is 66.2 Å². The number of nitrogens with one attached hydrogen (secondary N) is 2. The van der Waals surface area contributed by atoms with Crippen molar-refractivity contribution in [1.29, 1.82) is 0 Å². The molecule has 5 N–H and O–H groups in total. The van der Waals surface area contributed by atoms with Crippen LogP contribution in [0.3, 0.4) is 0 Å². The molecule has 0 radical (unpaired) electrons. The Kier molecular flexibility index (Phi) is 8.88. The number of aliphatic carboxylic acids is 3. The fourth-order valence-electron chi connectivity index (χ4n) is 7.49. The Hall–Kier alpha value is -6.04. The van der Waals surface area contributed by atoms with Gasteiger partial charge in [-0.1, -0.05) is 24.8 Å². The molecule has 0 amide bonds. The van der Waals surface area contributed by atoms with Crippen molar-refractivity contribution in [1.82, 2.24) is 19.9 Å². The summed E-state index contributed by atoms with van der Waals surface area (Å²) in [5.41, 5.74) is 8.67. The molecule has 12 nitrogen and oxygen atoms in total. The minimum atomic E-state index is -1.25. The van der Waals surface area contributed by atoms with Gasteiger partial charge in [0.25, 0.3) is 0 Å². The summed E-state index contributed by atoms with van der Waals surface area (Å²) in [4.78, 5) is 66.2. The van der Waals surface area contributed by atoms with Gasteiger partial charge in [0.1, 0.15) is 5.92 Å². The molecule has 12 heteroatoms. The number of carbonyl (C=O) groups excluding carboxylic acids is 1. The number of carbonyl (C=O) groups is 4. The third-order valence-corrected chi connectivity index (χ3v) is 10.3. The SMILES string of the molecule is C=CC1=C(C)c2cc3[nH]c(cc4nc(cc5[nH]c(cc1n2)[C@]1(C)C5=CC=C(C(=O)O)[C@@H]1C(=O)OC)C(C)=C4CCC(=O)O)c(CCC(=O)O)c3C. The van der Waals surface area contributed by atoms with E-state index in [4.69, 9.17) is 14.7 Å². The Morgan fingerprint density at radius 2 is 1.51 bits per heavy atom. The number of hydrogen-bond acceptors (Lipinski definition) is 7. The van der Waals surface area contributed by atoms with Crippen molar-refractivity contribution in [2.24, 2.45) is 5.92 Å². The number of rotatable bonds is 9. The second kappa shape index (κ2) is 13.0. The molecule has 0 aromatic carbocycles. The van der Waals surface area contributed by atoms with E-state index in [1.807, 2.05) is 39.0 Å². The molecule has 6 rings (SSSR count). The van der Waals surface area contributed by atoms with Gasteiger partial charge in [-0.15, -0.1) is 0 Å². The maximum atomic E-state index is 13.5. The average Bonchev–Trinajstić information content (AvgIpc) is 3.73. The van der Waals surface area contributed by atoms with Crippen LogP contribution in [0.25, 0.3) is 38.9 Å². The monoisotopic (exact) mass is 690 g/mol. The van der Waals surface area contributed by atoms with Crippen LogP contribution in [0.1, 0.15) is 85.3 Å². The largest absolute Gasteiger partial charge is 0.481 e. The van der Waals surface area contributed by atoms with Gasteiger partial charge in [-0.05, 0) is 98.2 Å². The number of nitrogens with zero attached hydrogens (tertiary/aromatic N) is 2. The van der Waals surface area contributed by atoms with E-state index in [0.717, 1.165) is 33.4 Å². The number of esters is 1. The standard InChI is InChI=1S/C39H38N4O8/c1-7-21-18(2)26-14-27-19(3)22(9-12-34(44)45)29(40-27)16-30-23(10-13-35(46)47)20(4)28(41-30)15-32-25-11-8-24(37(48)49)36(38(50)51-6)39(25,5)33(43-32)17-31(21)42-26/h7-8,11,14-17,36,40,43H,1,9-10,12-13H2,2-6H3,(H,44,45)(H,46,47)(H,48,49)/t36-,39+/m1/s1.